The zero-order valence-corrected chi connectivity index (χ0v) is 45.2. The van der Waals surface area contributed by atoms with Gasteiger partial charge >= 0.3 is 0 Å². The second-order valence-electron chi connectivity index (χ2n) is 23.3. The van der Waals surface area contributed by atoms with Crippen molar-refractivity contribution in [2.24, 2.45) is 0 Å². The van der Waals surface area contributed by atoms with Crippen LogP contribution >= 0.6 is 0 Å². The number of aromatic nitrogens is 2. The summed E-state index contributed by atoms with van der Waals surface area (Å²) in [5.74, 6) is 2.09. The molecule has 0 N–H and O–H groups in total. The molecule has 2 aromatic heterocycles. The molecule has 0 spiro atoms. The van der Waals surface area contributed by atoms with Gasteiger partial charge in [-0.25, -0.2) is 4.98 Å². The second-order valence-corrected chi connectivity index (χ2v) is 23.3. The Morgan fingerprint density at radius 1 is 0.507 bits per heavy atom. The number of benzene rings is 6. The van der Waals surface area contributed by atoms with E-state index in [0.717, 1.165) is 44.9 Å². The van der Waals surface area contributed by atoms with Crippen LogP contribution in [0.15, 0.2) is 152 Å². The predicted octanol–water partition coefficient (Wildman–Crippen LogP) is 16.7. The van der Waals surface area contributed by atoms with E-state index in [1.165, 1.54) is 38.8 Å². The summed E-state index contributed by atoms with van der Waals surface area (Å²) < 4.78 is 9.18. The van der Waals surface area contributed by atoms with Crippen molar-refractivity contribution in [3.63, 3.8) is 0 Å². The Labute approximate surface area is 426 Å². The summed E-state index contributed by atoms with van der Waals surface area (Å²) in [7, 11) is 0. The Hall–Kier alpha value is -5.90. The van der Waals surface area contributed by atoms with E-state index in [1.807, 2.05) is 12.3 Å². The fourth-order valence-electron chi connectivity index (χ4n) is 9.17. The van der Waals surface area contributed by atoms with E-state index in [9.17, 15) is 0 Å². The number of ether oxygens (including phenoxy) is 1. The van der Waals surface area contributed by atoms with Crippen LogP contribution in [0.3, 0.4) is 0 Å². The van der Waals surface area contributed by atoms with Crippen molar-refractivity contribution in [2.75, 3.05) is 9.80 Å². The average Bonchev–Trinajstić information content (AvgIpc) is 3.89. The Morgan fingerprint density at radius 2 is 1.13 bits per heavy atom. The molecule has 69 heavy (non-hydrogen) atoms. The van der Waals surface area contributed by atoms with Gasteiger partial charge in [0.1, 0.15) is 5.82 Å². The van der Waals surface area contributed by atoms with E-state index in [4.69, 9.17) is 9.72 Å². The van der Waals surface area contributed by atoms with E-state index in [-0.39, 0.29) is 48.1 Å². The smallest absolute Gasteiger partial charge is 0.135 e. The molecule has 358 valence electrons. The van der Waals surface area contributed by atoms with Crippen LogP contribution in [0, 0.1) is 18.8 Å². The Balaban J connectivity index is 0.00000642. The molecule has 6 aromatic carbocycles. The molecule has 0 atom stereocenters. The topological polar surface area (TPSA) is 33.5 Å². The normalized spacial score (nSPS) is 13.8. The molecular formula is C63H67N4OPt-3. The van der Waals surface area contributed by atoms with Gasteiger partial charge in [-0.1, -0.05) is 181 Å². The summed E-state index contributed by atoms with van der Waals surface area (Å²) in [6, 6.07) is 55.8. The predicted molar refractivity (Wildman–Crippen MR) is 286 cm³/mol. The summed E-state index contributed by atoms with van der Waals surface area (Å²) in [4.78, 5) is 9.56. The molecule has 0 amide bonds. The number of nitrogens with zero attached hydrogens (tertiary/aromatic N) is 4. The van der Waals surface area contributed by atoms with Crippen molar-refractivity contribution < 1.29 is 25.8 Å². The molecule has 3 heterocycles. The van der Waals surface area contributed by atoms with Gasteiger partial charge < -0.3 is 19.1 Å². The van der Waals surface area contributed by atoms with Gasteiger partial charge in [0.15, 0.2) is 0 Å². The Bertz CT molecular complexity index is 3190. The molecular weight excluding hydrogens is 1020 g/mol. The van der Waals surface area contributed by atoms with Gasteiger partial charge in [0.2, 0.25) is 0 Å². The number of rotatable bonds is 8. The van der Waals surface area contributed by atoms with E-state index in [0.29, 0.717) is 11.5 Å². The number of hydrogen-bond donors (Lipinski definition) is 0. The van der Waals surface area contributed by atoms with Crippen molar-refractivity contribution in [1.29, 1.82) is 0 Å². The SMILES string of the molecule is CC(C)(C)c1cc(Oc2[c-]c3c(cc2)c2cc(C(C)(C)C)ccc2n3-c2cc(C(C)(C)C)ccn2)[c-]c(N2C=C(C(C)(C)c3ccccc3)N(c3cc(-c4ccccc4)cc(C(C)(C)C)c3)[CH-]2)c1.[Pt]. The molecule has 0 unspecified atom stereocenters. The van der Waals surface area contributed by atoms with Crippen molar-refractivity contribution in [2.45, 2.75) is 124 Å². The van der Waals surface area contributed by atoms with E-state index >= 15 is 0 Å². The molecule has 0 saturated heterocycles. The maximum absolute atomic E-state index is 6.94. The minimum absolute atomic E-state index is 0. The third-order valence-electron chi connectivity index (χ3n) is 13.6. The summed E-state index contributed by atoms with van der Waals surface area (Å²) in [6.45, 7) is 34.0. The maximum Gasteiger partial charge on any atom is 0.135 e. The first-order chi connectivity index (χ1) is 31.9. The third kappa shape index (κ3) is 9.96. The monoisotopic (exact) mass is 1090 g/mol. The molecule has 9 rings (SSSR count). The molecule has 0 radical (unpaired) electrons. The molecule has 1 aliphatic heterocycles. The van der Waals surface area contributed by atoms with Gasteiger partial charge in [0.05, 0.1) is 0 Å². The van der Waals surface area contributed by atoms with Gasteiger partial charge in [0.25, 0.3) is 0 Å². The Kier molecular flexibility index (Phi) is 13.0. The standard InChI is InChI=1S/C63H67N4O.Pt/c1-59(2,3)45-25-28-55-54(36-45)53-27-26-51(39-56(53)67(55)58-37-46(29-30-64-58)60(4,5)6)68-52-35-48(62(10,11)12)33-49(38-52)65-40-57(63(13,14)44-23-19-16-20-24-44)66(41-65)50-32-43(42-21-17-15-18-22-42)31-47(34-50)61(7,8)9;/h15-37,40-41H,1-14H3;/q-3;. The fraction of sp³-hybridized carbons (Fsp3) is 0.302. The van der Waals surface area contributed by atoms with Crippen LogP contribution in [-0.4, -0.2) is 9.55 Å². The van der Waals surface area contributed by atoms with Gasteiger partial charge in [-0.05, 0) is 97.0 Å². The molecule has 5 nitrogen and oxygen atoms in total. The molecule has 0 fully saturated rings. The van der Waals surface area contributed by atoms with E-state index < -0.39 is 0 Å². The molecule has 6 heteroatoms. The maximum atomic E-state index is 6.94. The third-order valence-corrected chi connectivity index (χ3v) is 13.6. The summed E-state index contributed by atoms with van der Waals surface area (Å²) >= 11 is 0. The first kappa shape index (κ1) is 49.5. The van der Waals surface area contributed by atoms with E-state index in [1.54, 1.807) is 0 Å². The van der Waals surface area contributed by atoms with Crippen molar-refractivity contribution in [3.05, 3.63) is 198 Å². The van der Waals surface area contributed by atoms with Crippen molar-refractivity contribution in [3.8, 4) is 28.4 Å². The van der Waals surface area contributed by atoms with Crippen LogP contribution in [-0.2, 0) is 48.1 Å². The number of fused-ring (bicyclic) bond motifs is 3. The van der Waals surface area contributed by atoms with Crippen LogP contribution in [0.1, 0.15) is 125 Å². The summed E-state index contributed by atoms with van der Waals surface area (Å²) in [5.41, 5.74) is 13.0. The number of allylic oxidation sites excluding steroid dienone is 1. The van der Waals surface area contributed by atoms with Crippen LogP contribution < -0.4 is 14.5 Å². The van der Waals surface area contributed by atoms with E-state index in [2.05, 4.69) is 264 Å². The summed E-state index contributed by atoms with van der Waals surface area (Å²) in [5, 5.41) is 2.27. The zero-order valence-electron chi connectivity index (χ0n) is 42.9. The molecule has 0 aliphatic carbocycles. The van der Waals surface area contributed by atoms with Crippen molar-refractivity contribution in [1.82, 2.24) is 9.55 Å². The van der Waals surface area contributed by atoms with Gasteiger partial charge in [0, 0.05) is 61.1 Å². The van der Waals surface area contributed by atoms with Gasteiger partial charge in [-0.3, -0.25) is 0 Å². The number of hydrogen-bond acceptors (Lipinski definition) is 4. The fourth-order valence-corrected chi connectivity index (χ4v) is 9.17. The quantitative estimate of drug-likeness (QED) is 0.142. The van der Waals surface area contributed by atoms with Crippen LogP contribution in [0.2, 0.25) is 0 Å². The minimum Gasteiger partial charge on any atom is -0.509 e. The van der Waals surface area contributed by atoms with Crippen LogP contribution in [0.5, 0.6) is 11.5 Å². The molecule has 0 bridgehead atoms. The molecule has 8 aromatic rings. The second kappa shape index (κ2) is 18.1. The Morgan fingerprint density at radius 3 is 1.78 bits per heavy atom. The first-order valence-corrected chi connectivity index (χ1v) is 24.1. The van der Waals surface area contributed by atoms with Gasteiger partial charge in [-0.15, -0.1) is 53.6 Å². The molecule has 0 saturated carbocycles. The van der Waals surface area contributed by atoms with Crippen LogP contribution in [0.4, 0.5) is 11.4 Å². The number of pyridine rings is 1. The average molecular weight is 1090 g/mol. The first-order valence-electron chi connectivity index (χ1n) is 24.1. The minimum atomic E-state index is -0.365. The zero-order chi connectivity index (χ0) is 48.6. The number of anilines is 2. The van der Waals surface area contributed by atoms with Gasteiger partial charge in [-0.2, -0.15) is 6.07 Å². The summed E-state index contributed by atoms with van der Waals surface area (Å²) in [6.07, 6.45) is 4.20. The van der Waals surface area contributed by atoms with Crippen molar-refractivity contribution >= 4 is 33.2 Å². The van der Waals surface area contributed by atoms with Crippen LogP contribution in [0.25, 0.3) is 38.8 Å². The largest absolute Gasteiger partial charge is 0.509 e. The molecule has 1 aliphatic rings.